The number of aromatic hydroxyl groups is 1. The molecule has 4 unspecified atom stereocenters. The number of allylic oxidation sites excluding steroid dienone is 6. The lowest BCUT2D eigenvalue weighted by atomic mass is 9.59. The third-order valence-corrected chi connectivity index (χ3v) is 7.30. The van der Waals surface area contributed by atoms with Crippen LogP contribution in [0.4, 0.5) is 0 Å². The predicted molar refractivity (Wildman–Crippen MR) is 116 cm³/mol. The maximum absolute atomic E-state index is 13.3. The first-order chi connectivity index (χ1) is 15.3. The maximum atomic E-state index is 13.3. The van der Waals surface area contributed by atoms with Crippen molar-refractivity contribution in [3.8, 4) is 5.75 Å². The standard InChI is InChI=1S/C26H25NO5/c1-3-9-27-25(31)17-8-7-16-18(22(17)26(27)32)12-19-23(20(29)10-13(2)24(19)30)21(16)14-5-4-6-15(28)11-14/h4-7,10-11,17-18,21-22,28H,3,8-9,12H2,1-2H3. The van der Waals surface area contributed by atoms with Gasteiger partial charge >= 0.3 is 0 Å². The second kappa shape index (κ2) is 7.40. The summed E-state index contributed by atoms with van der Waals surface area (Å²) in [5, 5.41) is 10.1. The third-order valence-electron chi connectivity index (χ3n) is 7.30. The molecule has 164 valence electrons. The quantitative estimate of drug-likeness (QED) is 0.451. The second-order valence-electron chi connectivity index (χ2n) is 9.15. The van der Waals surface area contributed by atoms with Crippen LogP contribution in [-0.2, 0) is 19.2 Å². The van der Waals surface area contributed by atoms with Crippen molar-refractivity contribution in [3.05, 3.63) is 64.3 Å². The summed E-state index contributed by atoms with van der Waals surface area (Å²) >= 11 is 0. The first kappa shape index (κ1) is 20.6. The van der Waals surface area contributed by atoms with E-state index in [-0.39, 0.29) is 41.5 Å². The summed E-state index contributed by atoms with van der Waals surface area (Å²) in [6.45, 7) is 3.97. The van der Waals surface area contributed by atoms with Crippen molar-refractivity contribution in [1.82, 2.24) is 4.90 Å². The average Bonchev–Trinajstić information content (AvgIpc) is 3.01. The highest BCUT2D eigenvalue weighted by atomic mass is 16.3. The molecule has 0 radical (unpaired) electrons. The second-order valence-corrected chi connectivity index (χ2v) is 9.15. The van der Waals surface area contributed by atoms with Crippen molar-refractivity contribution in [2.45, 2.75) is 39.0 Å². The fourth-order valence-corrected chi connectivity index (χ4v) is 5.98. The molecule has 1 N–H and O–H groups in total. The summed E-state index contributed by atoms with van der Waals surface area (Å²) in [5.41, 5.74) is 2.90. The number of nitrogens with zero attached hydrogens (tertiary/aromatic N) is 1. The number of phenolic OH excluding ortho intramolecular Hbond substituents is 1. The lowest BCUT2D eigenvalue weighted by Crippen LogP contribution is -2.39. The predicted octanol–water partition coefficient (Wildman–Crippen LogP) is 3.23. The van der Waals surface area contributed by atoms with Crippen LogP contribution in [0.5, 0.6) is 5.75 Å². The number of hydrogen-bond donors (Lipinski definition) is 1. The minimum Gasteiger partial charge on any atom is -0.508 e. The normalized spacial score (nSPS) is 29.5. The summed E-state index contributed by atoms with van der Waals surface area (Å²) in [4.78, 5) is 53.9. The van der Waals surface area contributed by atoms with Gasteiger partial charge < -0.3 is 5.11 Å². The topological polar surface area (TPSA) is 91.8 Å². The Morgan fingerprint density at radius 1 is 1.09 bits per heavy atom. The van der Waals surface area contributed by atoms with Crippen LogP contribution in [-0.4, -0.2) is 39.9 Å². The van der Waals surface area contributed by atoms with Crippen LogP contribution in [0.3, 0.4) is 0 Å². The molecular weight excluding hydrogens is 406 g/mol. The van der Waals surface area contributed by atoms with Crippen molar-refractivity contribution in [1.29, 1.82) is 0 Å². The molecule has 5 rings (SSSR count). The Morgan fingerprint density at radius 3 is 2.59 bits per heavy atom. The van der Waals surface area contributed by atoms with Gasteiger partial charge in [0.05, 0.1) is 11.8 Å². The van der Waals surface area contributed by atoms with E-state index in [0.29, 0.717) is 41.7 Å². The highest BCUT2D eigenvalue weighted by molar-refractivity contribution is 6.23. The van der Waals surface area contributed by atoms with E-state index in [1.807, 2.05) is 19.1 Å². The highest BCUT2D eigenvalue weighted by Gasteiger charge is 2.55. The van der Waals surface area contributed by atoms with E-state index in [4.69, 9.17) is 0 Å². The van der Waals surface area contributed by atoms with Gasteiger partial charge in [0, 0.05) is 29.2 Å². The molecule has 4 atom stereocenters. The van der Waals surface area contributed by atoms with E-state index in [0.717, 1.165) is 5.57 Å². The lowest BCUT2D eigenvalue weighted by Gasteiger charge is -2.42. The third kappa shape index (κ3) is 2.85. The molecule has 1 aromatic carbocycles. The van der Waals surface area contributed by atoms with E-state index in [1.54, 1.807) is 25.1 Å². The van der Waals surface area contributed by atoms with Crippen molar-refractivity contribution < 1.29 is 24.3 Å². The summed E-state index contributed by atoms with van der Waals surface area (Å²) in [6.07, 6.45) is 4.80. The molecule has 0 saturated carbocycles. The number of benzene rings is 1. The number of rotatable bonds is 3. The van der Waals surface area contributed by atoms with Gasteiger partial charge in [0.15, 0.2) is 11.6 Å². The van der Waals surface area contributed by atoms with E-state index in [2.05, 4.69) is 0 Å². The average molecular weight is 431 g/mol. The number of Topliss-reactive ketones (excluding diaryl/α,β-unsaturated/α-hetero) is 1. The molecule has 6 nitrogen and oxygen atoms in total. The monoisotopic (exact) mass is 431 g/mol. The van der Waals surface area contributed by atoms with Crippen LogP contribution >= 0.6 is 0 Å². The molecule has 1 heterocycles. The number of hydrogen-bond acceptors (Lipinski definition) is 5. The molecule has 1 aromatic rings. The molecule has 0 bridgehead atoms. The first-order valence-corrected chi connectivity index (χ1v) is 11.2. The SMILES string of the molecule is CCCN1C(=O)C2CC=C3C(c4cccc(O)c4)C4=C(CC3C2C1=O)C(=O)C(C)=CC4=O. The number of fused-ring (bicyclic) bond motifs is 3. The van der Waals surface area contributed by atoms with Crippen LogP contribution < -0.4 is 0 Å². The fraction of sp³-hybridized carbons (Fsp3) is 0.385. The Labute approximate surface area is 186 Å². The number of imide groups is 1. The van der Waals surface area contributed by atoms with Crippen LogP contribution in [0.2, 0.25) is 0 Å². The van der Waals surface area contributed by atoms with Gasteiger partial charge in [-0.15, -0.1) is 0 Å². The first-order valence-electron chi connectivity index (χ1n) is 11.2. The van der Waals surface area contributed by atoms with Gasteiger partial charge in [0.2, 0.25) is 11.8 Å². The van der Waals surface area contributed by atoms with Crippen molar-refractivity contribution in [3.63, 3.8) is 0 Å². The fourth-order valence-electron chi connectivity index (χ4n) is 5.98. The van der Waals surface area contributed by atoms with Gasteiger partial charge in [0.25, 0.3) is 0 Å². The molecule has 4 aliphatic rings. The number of likely N-dealkylation sites (tertiary alicyclic amines) is 1. The molecule has 1 fully saturated rings. The number of ketones is 2. The van der Waals surface area contributed by atoms with Crippen molar-refractivity contribution >= 4 is 23.4 Å². The molecule has 32 heavy (non-hydrogen) atoms. The number of carbonyl (C=O) groups excluding carboxylic acids is 4. The van der Waals surface area contributed by atoms with Crippen molar-refractivity contribution in [2.24, 2.45) is 17.8 Å². The number of carbonyl (C=O) groups is 4. The molecule has 0 aromatic heterocycles. The van der Waals surface area contributed by atoms with E-state index in [9.17, 15) is 24.3 Å². The van der Waals surface area contributed by atoms with E-state index in [1.165, 1.54) is 11.0 Å². The minimum atomic E-state index is -0.517. The van der Waals surface area contributed by atoms with Crippen LogP contribution in [0, 0.1) is 17.8 Å². The highest BCUT2D eigenvalue weighted by Crippen LogP contribution is 2.55. The minimum absolute atomic E-state index is 0.0728. The Hall–Kier alpha value is -3.28. The zero-order valence-electron chi connectivity index (χ0n) is 18.1. The van der Waals surface area contributed by atoms with Crippen LogP contribution in [0.25, 0.3) is 0 Å². The lowest BCUT2D eigenvalue weighted by molar-refractivity contribution is -0.140. The largest absolute Gasteiger partial charge is 0.508 e. The van der Waals surface area contributed by atoms with E-state index >= 15 is 0 Å². The Kier molecular flexibility index (Phi) is 4.77. The molecule has 6 heteroatoms. The van der Waals surface area contributed by atoms with Gasteiger partial charge in [-0.25, -0.2) is 0 Å². The van der Waals surface area contributed by atoms with Crippen LogP contribution in [0.1, 0.15) is 44.6 Å². The molecule has 1 aliphatic heterocycles. The van der Waals surface area contributed by atoms with Gasteiger partial charge in [-0.1, -0.05) is 30.7 Å². The molecular formula is C26H25NO5. The summed E-state index contributed by atoms with van der Waals surface area (Å²) < 4.78 is 0. The number of amides is 2. The summed E-state index contributed by atoms with van der Waals surface area (Å²) in [7, 11) is 0. The zero-order valence-corrected chi connectivity index (χ0v) is 18.1. The summed E-state index contributed by atoms with van der Waals surface area (Å²) in [6, 6.07) is 6.71. The van der Waals surface area contributed by atoms with Gasteiger partial charge in [-0.05, 0) is 55.9 Å². The Balaban J connectivity index is 1.67. The zero-order chi connectivity index (χ0) is 22.7. The van der Waals surface area contributed by atoms with E-state index < -0.39 is 17.8 Å². The number of phenols is 1. The smallest absolute Gasteiger partial charge is 0.233 e. The molecule has 2 amide bonds. The van der Waals surface area contributed by atoms with Gasteiger partial charge in [0.1, 0.15) is 5.75 Å². The molecule has 1 saturated heterocycles. The Bertz CT molecular complexity index is 1170. The Morgan fingerprint density at radius 2 is 1.88 bits per heavy atom. The van der Waals surface area contributed by atoms with Gasteiger partial charge in [-0.2, -0.15) is 0 Å². The maximum Gasteiger partial charge on any atom is 0.233 e. The molecule has 0 spiro atoms. The summed E-state index contributed by atoms with van der Waals surface area (Å²) in [5.74, 6) is -2.37. The van der Waals surface area contributed by atoms with Gasteiger partial charge in [-0.3, -0.25) is 24.1 Å². The molecule has 3 aliphatic carbocycles. The van der Waals surface area contributed by atoms with Crippen molar-refractivity contribution in [2.75, 3.05) is 6.54 Å². The van der Waals surface area contributed by atoms with Crippen LogP contribution in [0.15, 0.2) is 58.7 Å².